The molecule has 0 spiro atoms. The Hall–Kier alpha value is -2.89. The van der Waals surface area contributed by atoms with Gasteiger partial charge in [-0.3, -0.25) is 4.99 Å². The van der Waals surface area contributed by atoms with Crippen molar-refractivity contribution in [2.75, 3.05) is 28.4 Å². The molecule has 6 nitrogen and oxygen atoms in total. The third-order valence-corrected chi connectivity index (χ3v) is 4.75. The summed E-state index contributed by atoms with van der Waals surface area (Å²) in [6.07, 6.45) is 1.12. The first kappa shape index (κ1) is 18.9. The second-order valence-corrected chi connectivity index (χ2v) is 6.46. The van der Waals surface area contributed by atoms with Crippen molar-refractivity contribution in [1.82, 2.24) is 10.6 Å². The van der Waals surface area contributed by atoms with E-state index < -0.39 is 0 Å². The van der Waals surface area contributed by atoms with Crippen LogP contribution in [-0.4, -0.2) is 40.4 Å². The van der Waals surface area contributed by atoms with Gasteiger partial charge in [0.05, 0.1) is 21.3 Å². The van der Waals surface area contributed by atoms with E-state index in [9.17, 15) is 0 Å². The van der Waals surface area contributed by atoms with E-state index in [1.165, 1.54) is 5.56 Å². The minimum atomic E-state index is 0.415. The second-order valence-electron chi connectivity index (χ2n) is 6.46. The molecule has 2 unspecified atom stereocenters. The number of hydrogen-bond acceptors (Lipinski definition) is 4. The van der Waals surface area contributed by atoms with Crippen molar-refractivity contribution in [1.29, 1.82) is 0 Å². The van der Waals surface area contributed by atoms with E-state index in [1.807, 2.05) is 18.2 Å². The third-order valence-electron chi connectivity index (χ3n) is 4.75. The smallest absolute Gasteiger partial charge is 0.203 e. The van der Waals surface area contributed by atoms with E-state index in [0.717, 1.165) is 17.9 Å². The highest BCUT2D eigenvalue weighted by Gasteiger charge is 2.38. The molecule has 6 heteroatoms. The Balaban J connectivity index is 1.60. The number of nitrogens with zero attached hydrogens (tertiary/aromatic N) is 1. The van der Waals surface area contributed by atoms with Crippen molar-refractivity contribution in [3.8, 4) is 17.2 Å². The van der Waals surface area contributed by atoms with Crippen molar-refractivity contribution in [3.63, 3.8) is 0 Å². The van der Waals surface area contributed by atoms with Gasteiger partial charge in [0.1, 0.15) is 0 Å². The fourth-order valence-electron chi connectivity index (χ4n) is 3.22. The molecule has 1 saturated carbocycles. The van der Waals surface area contributed by atoms with Crippen LogP contribution in [0.1, 0.15) is 23.5 Å². The predicted octanol–water partition coefficient (Wildman–Crippen LogP) is 2.93. The Labute approximate surface area is 160 Å². The van der Waals surface area contributed by atoms with E-state index in [0.29, 0.717) is 35.8 Å². The monoisotopic (exact) mass is 369 g/mol. The molecule has 1 fully saturated rings. The first-order valence-corrected chi connectivity index (χ1v) is 9.01. The average Bonchev–Trinajstić information content (AvgIpc) is 3.49. The van der Waals surface area contributed by atoms with E-state index in [1.54, 1.807) is 28.4 Å². The van der Waals surface area contributed by atoms with Crippen LogP contribution in [0.4, 0.5) is 0 Å². The number of rotatable bonds is 7. The zero-order valence-electron chi connectivity index (χ0n) is 16.3. The summed E-state index contributed by atoms with van der Waals surface area (Å²) in [4.78, 5) is 4.34. The number of methoxy groups -OCH3 is 3. The van der Waals surface area contributed by atoms with Crippen LogP contribution in [0.25, 0.3) is 0 Å². The summed E-state index contributed by atoms with van der Waals surface area (Å²) in [5.74, 6) is 3.21. The second kappa shape index (κ2) is 8.66. The zero-order chi connectivity index (χ0) is 19.2. The Kier molecular flexibility index (Phi) is 6.06. The van der Waals surface area contributed by atoms with Crippen molar-refractivity contribution < 1.29 is 14.2 Å². The molecule has 27 heavy (non-hydrogen) atoms. The van der Waals surface area contributed by atoms with Crippen molar-refractivity contribution >= 4 is 5.96 Å². The van der Waals surface area contributed by atoms with Gasteiger partial charge in [0.2, 0.25) is 5.75 Å². The first-order valence-electron chi connectivity index (χ1n) is 9.01. The molecule has 1 aliphatic rings. The van der Waals surface area contributed by atoms with Gasteiger partial charge in [-0.05, 0) is 29.7 Å². The molecule has 0 aromatic heterocycles. The first-order chi connectivity index (χ1) is 13.2. The van der Waals surface area contributed by atoms with E-state index in [4.69, 9.17) is 14.2 Å². The highest BCUT2D eigenvalue weighted by Crippen LogP contribution is 2.40. The van der Waals surface area contributed by atoms with E-state index in [-0.39, 0.29) is 0 Å². The quantitative estimate of drug-likeness (QED) is 0.580. The lowest BCUT2D eigenvalue weighted by atomic mass is 10.1. The minimum absolute atomic E-state index is 0.415. The largest absolute Gasteiger partial charge is 0.493 e. The van der Waals surface area contributed by atoms with Crippen LogP contribution in [0.3, 0.4) is 0 Å². The summed E-state index contributed by atoms with van der Waals surface area (Å²) in [5, 5.41) is 6.85. The Morgan fingerprint density at radius 3 is 2.26 bits per heavy atom. The highest BCUT2D eigenvalue weighted by molar-refractivity contribution is 5.80. The molecule has 0 amide bonds. The van der Waals surface area contributed by atoms with Crippen LogP contribution >= 0.6 is 0 Å². The van der Waals surface area contributed by atoms with Gasteiger partial charge in [-0.15, -0.1) is 0 Å². The van der Waals surface area contributed by atoms with E-state index >= 15 is 0 Å². The van der Waals surface area contributed by atoms with Crippen LogP contribution in [0.2, 0.25) is 0 Å². The summed E-state index contributed by atoms with van der Waals surface area (Å²) < 4.78 is 16.2. The van der Waals surface area contributed by atoms with Crippen LogP contribution in [-0.2, 0) is 6.54 Å². The molecule has 2 aromatic rings. The molecule has 0 saturated heterocycles. The molecule has 2 atom stereocenters. The molecule has 0 aliphatic heterocycles. The predicted molar refractivity (Wildman–Crippen MR) is 107 cm³/mol. The van der Waals surface area contributed by atoms with Crippen molar-refractivity contribution in [3.05, 3.63) is 53.6 Å². The van der Waals surface area contributed by atoms with Gasteiger partial charge in [-0.2, -0.15) is 0 Å². The number of ether oxygens (including phenoxy) is 3. The van der Waals surface area contributed by atoms with Crippen LogP contribution in [0.15, 0.2) is 47.5 Å². The van der Waals surface area contributed by atoms with Gasteiger partial charge in [-0.25, -0.2) is 0 Å². The van der Waals surface area contributed by atoms with Crippen molar-refractivity contribution in [2.24, 2.45) is 4.99 Å². The lowest BCUT2D eigenvalue weighted by molar-refractivity contribution is 0.323. The van der Waals surface area contributed by atoms with Gasteiger partial charge in [-0.1, -0.05) is 30.3 Å². The molecule has 2 aromatic carbocycles. The van der Waals surface area contributed by atoms with Gasteiger partial charge >= 0.3 is 0 Å². The number of hydrogen-bond donors (Lipinski definition) is 2. The molecule has 144 valence electrons. The molecular weight excluding hydrogens is 342 g/mol. The SMILES string of the molecule is CN=C(NCc1cc(OC)c(OC)c(OC)c1)NC1CC1c1ccccc1. The normalized spacial score (nSPS) is 18.6. The number of aliphatic imine (C=N–C) groups is 1. The fraction of sp³-hybridized carbons (Fsp3) is 0.381. The summed E-state index contributed by atoms with van der Waals surface area (Å²) in [6.45, 7) is 0.596. The highest BCUT2D eigenvalue weighted by atomic mass is 16.5. The number of guanidine groups is 1. The average molecular weight is 369 g/mol. The van der Waals surface area contributed by atoms with Crippen LogP contribution in [0, 0.1) is 0 Å². The fourth-order valence-corrected chi connectivity index (χ4v) is 3.22. The molecule has 1 aliphatic carbocycles. The lowest BCUT2D eigenvalue weighted by Gasteiger charge is -2.16. The van der Waals surface area contributed by atoms with Crippen LogP contribution in [0.5, 0.6) is 17.2 Å². The summed E-state index contributed by atoms with van der Waals surface area (Å²) in [7, 11) is 6.62. The Morgan fingerprint density at radius 1 is 1.04 bits per heavy atom. The van der Waals surface area contributed by atoms with Gasteiger partial charge in [0.25, 0.3) is 0 Å². The van der Waals surface area contributed by atoms with Crippen LogP contribution < -0.4 is 24.8 Å². The molecule has 3 rings (SSSR count). The molecule has 0 bridgehead atoms. The maximum atomic E-state index is 5.41. The van der Waals surface area contributed by atoms with E-state index in [2.05, 4.69) is 39.9 Å². The van der Waals surface area contributed by atoms with Gasteiger partial charge in [0, 0.05) is 25.6 Å². The molecule has 0 radical (unpaired) electrons. The standard InChI is InChI=1S/C21H27N3O3/c1-22-21(24-17-12-16(17)15-8-6-5-7-9-15)23-13-14-10-18(25-2)20(27-4)19(11-14)26-3/h5-11,16-17H,12-13H2,1-4H3,(H2,22,23,24). The Morgan fingerprint density at radius 2 is 1.70 bits per heavy atom. The lowest BCUT2D eigenvalue weighted by Crippen LogP contribution is -2.38. The number of nitrogens with one attached hydrogen (secondary N) is 2. The molecule has 2 N–H and O–H groups in total. The number of benzene rings is 2. The summed E-state index contributed by atoms with van der Waals surface area (Å²) in [5.41, 5.74) is 2.39. The van der Waals surface area contributed by atoms with Gasteiger partial charge in [0.15, 0.2) is 17.5 Å². The summed E-state index contributed by atoms with van der Waals surface area (Å²) >= 11 is 0. The van der Waals surface area contributed by atoms with Gasteiger partial charge < -0.3 is 24.8 Å². The summed E-state index contributed by atoms with van der Waals surface area (Å²) in [6, 6.07) is 14.9. The Bertz CT molecular complexity index is 768. The van der Waals surface area contributed by atoms with Crippen molar-refractivity contribution in [2.45, 2.75) is 24.9 Å². The minimum Gasteiger partial charge on any atom is -0.493 e. The topological polar surface area (TPSA) is 64.1 Å². The maximum absolute atomic E-state index is 5.41. The molecule has 0 heterocycles. The molecular formula is C21H27N3O3. The third kappa shape index (κ3) is 4.45. The maximum Gasteiger partial charge on any atom is 0.203 e. The zero-order valence-corrected chi connectivity index (χ0v) is 16.3.